The van der Waals surface area contributed by atoms with Gasteiger partial charge < -0.3 is 4.98 Å². The van der Waals surface area contributed by atoms with Crippen LogP contribution < -0.4 is 4.72 Å². The van der Waals surface area contributed by atoms with E-state index in [0.717, 1.165) is 11.8 Å². The van der Waals surface area contributed by atoms with Crippen molar-refractivity contribution >= 4 is 27.1 Å². The number of sulfonamides is 1. The van der Waals surface area contributed by atoms with Crippen molar-refractivity contribution in [3.63, 3.8) is 0 Å². The highest BCUT2D eigenvalue weighted by molar-refractivity contribution is 7.91. The Morgan fingerprint density at radius 2 is 2.00 bits per heavy atom. The van der Waals surface area contributed by atoms with Crippen molar-refractivity contribution in [1.29, 1.82) is 0 Å². The van der Waals surface area contributed by atoms with Crippen LogP contribution in [0.2, 0.25) is 0 Å². The zero-order valence-electron chi connectivity index (χ0n) is 10.8. The number of hydrogen-bond donors (Lipinski definition) is 2. The molecule has 0 atom stereocenters. The van der Waals surface area contributed by atoms with Crippen LogP contribution in [0.5, 0.6) is 0 Å². The maximum Gasteiger partial charge on any atom is 0.232 e. The summed E-state index contributed by atoms with van der Waals surface area (Å²) in [5.74, 6) is 0.186. The van der Waals surface area contributed by atoms with Crippen molar-refractivity contribution < 1.29 is 8.42 Å². The third kappa shape index (κ3) is 2.79. The van der Waals surface area contributed by atoms with Gasteiger partial charge in [0, 0.05) is 6.20 Å². The number of anilines is 1. The lowest BCUT2D eigenvalue weighted by molar-refractivity contribution is 0.588. The molecule has 0 saturated heterocycles. The van der Waals surface area contributed by atoms with Crippen molar-refractivity contribution in [2.45, 2.75) is 26.2 Å². The minimum atomic E-state index is -3.33. The van der Waals surface area contributed by atoms with Gasteiger partial charge in [0.2, 0.25) is 16.0 Å². The zero-order chi connectivity index (χ0) is 13.6. The molecule has 98 valence electrons. The summed E-state index contributed by atoms with van der Waals surface area (Å²) >= 11 is 0. The molecule has 0 amide bonds. The summed E-state index contributed by atoms with van der Waals surface area (Å²) < 4.78 is 24.5. The van der Waals surface area contributed by atoms with Gasteiger partial charge in [-0.1, -0.05) is 20.8 Å². The fraction of sp³-hybridized carbons (Fsp3) is 0.455. The number of imidazole rings is 1. The van der Waals surface area contributed by atoms with Gasteiger partial charge >= 0.3 is 0 Å². The van der Waals surface area contributed by atoms with Gasteiger partial charge in [-0.2, -0.15) is 4.98 Å². The fourth-order valence-electron chi connectivity index (χ4n) is 1.53. The predicted molar refractivity (Wildman–Crippen MR) is 71.1 cm³/mol. The average Bonchev–Trinajstić information content (AvgIpc) is 2.53. The minimum absolute atomic E-state index is 0.0171. The first-order valence-electron chi connectivity index (χ1n) is 5.49. The number of nitrogens with zero attached hydrogens (tertiary/aromatic N) is 2. The predicted octanol–water partition coefficient (Wildman–Crippen LogP) is 1.63. The first-order chi connectivity index (χ1) is 8.15. The summed E-state index contributed by atoms with van der Waals surface area (Å²) in [6.45, 7) is 6.26. The normalized spacial score (nSPS) is 12.9. The van der Waals surface area contributed by atoms with Crippen LogP contribution in [0.15, 0.2) is 12.3 Å². The van der Waals surface area contributed by atoms with Crippen molar-refractivity contribution in [2.75, 3.05) is 11.0 Å². The van der Waals surface area contributed by atoms with Crippen LogP contribution in [0.25, 0.3) is 11.2 Å². The molecule has 0 radical (unpaired) electrons. The van der Waals surface area contributed by atoms with Crippen LogP contribution in [0.4, 0.5) is 5.95 Å². The number of rotatable bonds is 2. The zero-order valence-corrected chi connectivity index (χ0v) is 11.6. The number of aromatic nitrogens is 3. The monoisotopic (exact) mass is 268 g/mol. The van der Waals surface area contributed by atoms with Crippen molar-refractivity contribution in [2.24, 2.45) is 0 Å². The molecule has 0 saturated carbocycles. The number of nitrogens with one attached hydrogen (secondary N) is 2. The van der Waals surface area contributed by atoms with Gasteiger partial charge in [0.25, 0.3) is 0 Å². The second kappa shape index (κ2) is 3.94. The van der Waals surface area contributed by atoms with Crippen LogP contribution in [-0.2, 0) is 15.4 Å². The quantitative estimate of drug-likeness (QED) is 0.866. The lowest BCUT2D eigenvalue weighted by Gasteiger charge is -2.17. The van der Waals surface area contributed by atoms with Crippen molar-refractivity contribution in [3.05, 3.63) is 17.8 Å². The molecule has 0 aliphatic rings. The van der Waals surface area contributed by atoms with Crippen molar-refractivity contribution in [1.82, 2.24) is 15.0 Å². The van der Waals surface area contributed by atoms with Gasteiger partial charge in [-0.15, -0.1) is 0 Å². The Bertz CT molecular complexity index is 683. The van der Waals surface area contributed by atoms with E-state index >= 15 is 0 Å². The number of pyridine rings is 1. The Hall–Kier alpha value is -1.63. The Labute approximate surface area is 106 Å². The van der Waals surface area contributed by atoms with Gasteiger partial charge in [0.1, 0.15) is 0 Å². The fourth-order valence-corrected chi connectivity index (χ4v) is 1.98. The second-order valence-corrected chi connectivity index (χ2v) is 7.05. The van der Waals surface area contributed by atoms with Crippen LogP contribution in [0, 0.1) is 0 Å². The van der Waals surface area contributed by atoms with Crippen molar-refractivity contribution in [3.8, 4) is 0 Å². The van der Waals surface area contributed by atoms with Gasteiger partial charge in [0.05, 0.1) is 11.8 Å². The van der Waals surface area contributed by atoms with E-state index in [1.807, 2.05) is 6.07 Å². The molecule has 0 aliphatic carbocycles. The molecule has 0 aromatic carbocycles. The van der Waals surface area contributed by atoms with Gasteiger partial charge in [-0.3, -0.25) is 4.72 Å². The molecule has 18 heavy (non-hydrogen) atoms. The largest absolute Gasteiger partial charge is 0.322 e. The smallest absolute Gasteiger partial charge is 0.232 e. The van der Waals surface area contributed by atoms with Crippen LogP contribution in [0.1, 0.15) is 26.3 Å². The average molecular weight is 268 g/mol. The third-order valence-electron chi connectivity index (χ3n) is 2.49. The highest BCUT2D eigenvalue weighted by atomic mass is 32.2. The SMILES string of the molecule is CC(C)(C)c1cnc2nc(NS(C)(=O)=O)[nH]c2c1. The highest BCUT2D eigenvalue weighted by Crippen LogP contribution is 2.24. The van der Waals surface area contributed by atoms with E-state index in [9.17, 15) is 8.42 Å². The summed E-state index contributed by atoms with van der Waals surface area (Å²) in [4.78, 5) is 11.2. The molecule has 6 nitrogen and oxygen atoms in total. The van der Waals surface area contributed by atoms with E-state index < -0.39 is 10.0 Å². The lowest BCUT2D eigenvalue weighted by Crippen LogP contribution is -2.11. The Kier molecular flexibility index (Phi) is 2.81. The van der Waals surface area contributed by atoms with E-state index in [4.69, 9.17) is 0 Å². The first kappa shape index (κ1) is 12.8. The number of fused-ring (bicyclic) bond motifs is 1. The molecule has 2 aromatic rings. The minimum Gasteiger partial charge on any atom is -0.322 e. The first-order valence-corrected chi connectivity index (χ1v) is 7.38. The Morgan fingerprint density at radius 1 is 1.33 bits per heavy atom. The molecule has 2 N–H and O–H groups in total. The van der Waals surface area contributed by atoms with E-state index in [1.165, 1.54) is 0 Å². The Morgan fingerprint density at radius 3 is 2.56 bits per heavy atom. The maximum atomic E-state index is 11.1. The molecule has 0 fully saturated rings. The van der Waals surface area contributed by atoms with Gasteiger partial charge in [-0.25, -0.2) is 13.4 Å². The molecule has 0 unspecified atom stereocenters. The molecule has 0 spiro atoms. The molecule has 0 aliphatic heterocycles. The second-order valence-electron chi connectivity index (χ2n) is 5.30. The molecule has 2 rings (SSSR count). The number of hydrogen-bond acceptors (Lipinski definition) is 4. The highest BCUT2D eigenvalue weighted by Gasteiger charge is 2.16. The summed E-state index contributed by atoms with van der Waals surface area (Å²) in [5.41, 5.74) is 2.25. The standard InChI is InChI=1S/C11H16N4O2S/c1-11(2,3)7-5-8-9(12-6-7)14-10(13-8)15-18(4,16)17/h5-6H,1-4H3,(H2,12,13,14,15). The molecule has 2 heterocycles. The van der Waals surface area contributed by atoms with Gasteiger partial charge in [-0.05, 0) is 17.0 Å². The third-order valence-corrected chi connectivity index (χ3v) is 3.05. The van der Waals surface area contributed by atoms with E-state index in [1.54, 1.807) is 6.20 Å². The molecular formula is C11H16N4O2S. The summed E-state index contributed by atoms with van der Waals surface area (Å²) in [5, 5.41) is 0. The lowest BCUT2D eigenvalue weighted by atomic mass is 9.88. The topological polar surface area (TPSA) is 87.7 Å². The van der Waals surface area contributed by atoms with Gasteiger partial charge in [0.15, 0.2) is 5.65 Å². The van der Waals surface area contributed by atoms with E-state index in [2.05, 4.69) is 40.4 Å². The number of aromatic amines is 1. The molecular weight excluding hydrogens is 252 g/mol. The van der Waals surface area contributed by atoms with E-state index in [-0.39, 0.29) is 11.4 Å². The summed E-state index contributed by atoms with van der Waals surface area (Å²) in [6, 6.07) is 1.93. The van der Waals surface area contributed by atoms with Crippen LogP contribution in [-0.4, -0.2) is 29.6 Å². The molecule has 0 bridgehead atoms. The molecule has 7 heteroatoms. The van der Waals surface area contributed by atoms with Crippen LogP contribution >= 0.6 is 0 Å². The summed E-state index contributed by atoms with van der Waals surface area (Å²) in [6.07, 6.45) is 2.83. The van der Waals surface area contributed by atoms with Crippen LogP contribution in [0.3, 0.4) is 0 Å². The van der Waals surface area contributed by atoms with E-state index in [0.29, 0.717) is 11.2 Å². The summed E-state index contributed by atoms with van der Waals surface area (Å²) in [7, 11) is -3.33. The number of H-pyrrole nitrogens is 1. The molecule has 2 aromatic heterocycles. The Balaban J connectivity index is 2.46. The maximum absolute atomic E-state index is 11.1.